The first-order chi connectivity index (χ1) is 8.09. The van der Waals surface area contributed by atoms with Gasteiger partial charge >= 0.3 is 0 Å². The fraction of sp³-hybridized carbons (Fsp3) is 0.214. The summed E-state index contributed by atoms with van der Waals surface area (Å²) in [6, 6.07) is 9.68. The Morgan fingerprint density at radius 2 is 2.06 bits per heavy atom. The Kier molecular flexibility index (Phi) is 1.93. The van der Waals surface area contributed by atoms with Crippen molar-refractivity contribution in [3.63, 3.8) is 0 Å². The summed E-state index contributed by atoms with van der Waals surface area (Å²) in [6.07, 6.45) is 1.65. The Balaban J connectivity index is 2.15. The predicted molar refractivity (Wildman–Crippen MR) is 65.8 cm³/mol. The molecule has 3 nitrogen and oxygen atoms in total. The predicted octanol–water partition coefficient (Wildman–Crippen LogP) is 3.18. The molecule has 1 aliphatic heterocycles. The number of fused-ring (bicyclic) bond motifs is 1. The number of anilines is 1. The highest BCUT2D eigenvalue weighted by Gasteiger charge is 2.38. The Bertz CT molecular complexity index is 582. The van der Waals surface area contributed by atoms with E-state index in [1.165, 1.54) is 0 Å². The van der Waals surface area contributed by atoms with E-state index < -0.39 is 5.41 Å². The van der Waals surface area contributed by atoms with Crippen molar-refractivity contribution in [2.24, 2.45) is 0 Å². The standard InChI is InChI=1S/C14H13NO2/c1-14(2)10-8-9(12-4-3-7-17-12)5-6-11(10)15-13(14)16/h3-8H,1-2H3,(H,15,16). The number of carbonyl (C=O) groups excluding carboxylic acids is 1. The molecule has 0 aliphatic carbocycles. The monoisotopic (exact) mass is 227 g/mol. The van der Waals surface area contributed by atoms with E-state index in [0.29, 0.717) is 0 Å². The van der Waals surface area contributed by atoms with Crippen LogP contribution in [0, 0.1) is 0 Å². The average Bonchev–Trinajstić information content (AvgIpc) is 2.88. The van der Waals surface area contributed by atoms with Crippen LogP contribution in [0.2, 0.25) is 0 Å². The maximum Gasteiger partial charge on any atom is 0.234 e. The number of carbonyl (C=O) groups is 1. The average molecular weight is 227 g/mol. The largest absolute Gasteiger partial charge is 0.464 e. The Labute approximate surface area is 99.4 Å². The van der Waals surface area contributed by atoms with E-state index in [0.717, 1.165) is 22.6 Å². The van der Waals surface area contributed by atoms with Crippen LogP contribution in [0.4, 0.5) is 5.69 Å². The zero-order valence-electron chi connectivity index (χ0n) is 9.78. The van der Waals surface area contributed by atoms with Gasteiger partial charge in [0.05, 0.1) is 11.7 Å². The van der Waals surface area contributed by atoms with Crippen LogP contribution >= 0.6 is 0 Å². The van der Waals surface area contributed by atoms with Crippen molar-refractivity contribution in [3.8, 4) is 11.3 Å². The van der Waals surface area contributed by atoms with Crippen LogP contribution in [0.5, 0.6) is 0 Å². The third kappa shape index (κ3) is 1.39. The first-order valence-corrected chi connectivity index (χ1v) is 5.59. The van der Waals surface area contributed by atoms with Crippen LogP contribution in [0.25, 0.3) is 11.3 Å². The SMILES string of the molecule is CC1(C)C(=O)Nc2ccc(-c3ccco3)cc21. The van der Waals surface area contributed by atoms with Gasteiger partial charge in [0.2, 0.25) is 5.91 Å². The number of benzene rings is 1. The third-order valence-electron chi connectivity index (χ3n) is 3.31. The highest BCUT2D eigenvalue weighted by molar-refractivity contribution is 6.06. The van der Waals surface area contributed by atoms with Crippen molar-refractivity contribution in [1.82, 2.24) is 0 Å². The van der Waals surface area contributed by atoms with E-state index in [2.05, 4.69) is 5.32 Å². The lowest BCUT2D eigenvalue weighted by Gasteiger charge is -2.15. The summed E-state index contributed by atoms with van der Waals surface area (Å²) in [6.45, 7) is 3.86. The molecule has 86 valence electrons. The molecule has 2 aromatic rings. The molecule has 0 unspecified atom stereocenters. The molecular weight excluding hydrogens is 214 g/mol. The van der Waals surface area contributed by atoms with Crippen molar-refractivity contribution in [2.45, 2.75) is 19.3 Å². The van der Waals surface area contributed by atoms with E-state index in [1.807, 2.05) is 44.2 Å². The van der Waals surface area contributed by atoms with Gasteiger partial charge in [0.1, 0.15) is 5.76 Å². The molecule has 1 aromatic heterocycles. The second-order valence-electron chi connectivity index (χ2n) is 4.82. The van der Waals surface area contributed by atoms with Crippen molar-refractivity contribution in [3.05, 3.63) is 42.2 Å². The summed E-state index contributed by atoms with van der Waals surface area (Å²) in [5.74, 6) is 0.868. The van der Waals surface area contributed by atoms with E-state index >= 15 is 0 Å². The number of rotatable bonds is 1. The summed E-state index contributed by atoms with van der Waals surface area (Å²) in [4.78, 5) is 11.8. The van der Waals surface area contributed by atoms with Gasteiger partial charge in [-0.15, -0.1) is 0 Å². The van der Waals surface area contributed by atoms with E-state index in [-0.39, 0.29) is 5.91 Å². The number of hydrogen-bond donors (Lipinski definition) is 1. The minimum atomic E-state index is -0.474. The first-order valence-electron chi connectivity index (χ1n) is 5.59. The zero-order chi connectivity index (χ0) is 12.0. The number of nitrogens with one attached hydrogen (secondary N) is 1. The first kappa shape index (κ1) is 10.1. The van der Waals surface area contributed by atoms with Gasteiger partial charge < -0.3 is 9.73 Å². The van der Waals surface area contributed by atoms with Crippen molar-refractivity contribution in [1.29, 1.82) is 0 Å². The molecule has 1 aromatic carbocycles. The quantitative estimate of drug-likeness (QED) is 0.813. The maximum atomic E-state index is 11.8. The molecule has 0 radical (unpaired) electrons. The topological polar surface area (TPSA) is 42.2 Å². The lowest BCUT2D eigenvalue weighted by Crippen LogP contribution is -2.26. The van der Waals surface area contributed by atoms with Crippen LogP contribution in [0.3, 0.4) is 0 Å². The molecular formula is C14H13NO2. The summed E-state index contributed by atoms with van der Waals surface area (Å²) < 4.78 is 5.37. The lowest BCUT2D eigenvalue weighted by atomic mass is 9.85. The van der Waals surface area contributed by atoms with Crippen LogP contribution in [0.15, 0.2) is 41.0 Å². The number of hydrogen-bond acceptors (Lipinski definition) is 2. The molecule has 1 N–H and O–H groups in total. The van der Waals surface area contributed by atoms with Crippen molar-refractivity contribution < 1.29 is 9.21 Å². The molecule has 0 atom stereocenters. The molecule has 0 saturated heterocycles. The van der Waals surface area contributed by atoms with Gasteiger partial charge in [-0.1, -0.05) is 0 Å². The maximum absolute atomic E-state index is 11.8. The third-order valence-corrected chi connectivity index (χ3v) is 3.31. The fourth-order valence-corrected chi connectivity index (χ4v) is 2.17. The molecule has 0 bridgehead atoms. The van der Waals surface area contributed by atoms with Crippen LogP contribution in [0.1, 0.15) is 19.4 Å². The van der Waals surface area contributed by atoms with Crippen LogP contribution in [-0.2, 0) is 10.2 Å². The second kappa shape index (κ2) is 3.23. The number of furan rings is 1. The van der Waals surface area contributed by atoms with Gasteiger partial charge in [-0.25, -0.2) is 0 Å². The van der Waals surface area contributed by atoms with E-state index in [1.54, 1.807) is 6.26 Å². The summed E-state index contributed by atoms with van der Waals surface area (Å²) in [7, 11) is 0. The fourth-order valence-electron chi connectivity index (χ4n) is 2.17. The Morgan fingerprint density at radius 1 is 1.24 bits per heavy atom. The number of amides is 1. The Hall–Kier alpha value is -2.03. The smallest absolute Gasteiger partial charge is 0.234 e. The minimum Gasteiger partial charge on any atom is -0.464 e. The van der Waals surface area contributed by atoms with Gasteiger partial charge in [-0.05, 0) is 49.7 Å². The van der Waals surface area contributed by atoms with Crippen LogP contribution < -0.4 is 5.32 Å². The molecule has 1 aliphatic rings. The van der Waals surface area contributed by atoms with Crippen LogP contribution in [-0.4, -0.2) is 5.91 Å². The van der Waals surface area contributed by atoms with Gasteiger partial charge in [0, 0.05) is 11.3 Å². The second-order valence-corrected chi connectivity index (χ2v) is 4.82. The molecule has 2 heterocycles. The summed E-state index contributed by atoms with van der Waals surface area (Å²) in [5, 5.41) is 2.89. The van der Waals surface area contributed by atoms with Gasteiger partial charge in [-0.2, -0.15) is 0 Å². The molecule has 3 heteroatoms. The molecule has 17 heavy (non-hydrogen) atoms. The molecule has 1 amide bonds. The van der Waals surface area contributed by atoms with Gasteiger partial charge in [0.25, 0.3) is 0 Å². The van der Waals surface area contributed by atoms with Gasteiger partial charge in [0.15, 0.2) is 0 Å². The van der Waals surface area contributed by atoms with E-state index in [9.17, 15) is 4.79 Å². The molecule has 3 rings (SSSR count). The molecule has 0 spiro atoms. The van der Waals surface area contributed by atoms with E-state index in [4.69, 9.17) is 4.42 Å². The Morgan fingerprint density at radius 3 is 2.76 bits per heavy atom. The highest BCUT2D eigenvalue weighted by atomic mass is 16.3. The summed E-state index contributed by atoms with van der Waals surface area (Å²) in [5.41, 5.74) is 2.45. The molecule has 0 fully saturated rings. The minimum absolute atomic E-state index is 0.0455. The molecule has 0 saturated carbocycles. The highest BCUT2D eigenvalue weighted by Crippen LogP contribution is 2.39. The van der Waals surface area contributed by atoms with Gasteiger partial charge in [-0.3, -0.25) is 4.79 Å². The zero-order valence-corrected chi connectivity index (χ0v) is 9.78. The summed E-state index contributed by atoms with van der Waals surface area (Å²) >= 11 is 0. The van der Waals surface area contributed by atoms with Crippen molar-refractivity contribution in [2.75, 3.05) is 5.32 Å². The van der Waals surface area contributed by atoms with Crippen molar-refractivity contribution >= 4 is 11.6 Å². The normalized spacial score (nSPS) is 16.7. The lowest BCUT2D eigenvalue weighted by molar-refractivity contribution is -0.119.